The van der Waals surface area contributed by atoms with Crippen LogP contribution in [0.2, 0.25) is 0 Å². The molecule has 1 aliphatic rings. The minimum absolute atomic E-state index is 0.134. The lowest BCUT2D eigenvalue weighted by atomic mass is 9.92. The Morgan fingerprint density at radius 1 is 1.52 bits per heavy atom. The minimum Gasteiger partial charge on any atom is -0.382 e. The normalized spacial score (nSPS) is 17.5. The number of carbonyl (C=O) groups is 1. The molecule has 1 aliphatic heterocycles. The fraction of sp³-hybridized carbons (Fsp3) is 0.714. The number of carbonyl (C=O) groups excluding carboxylic acids is 1. The van der Waals surface area contributed by atoms with Crippen LogP contribution in [0.4, 0.5) is 10.9 Å². The van der Waals surface area contributed by atoms with Gasteiger partial charge in [-0.25, -0.2) is 4.98 Å². The molecule has 0 atom stereocenters. The first-order valence-electron chi connectivity index (χ1n) is 7.33. The lowest BCUT2D eigenvalue weighted by Crippen LogP contribution is -2.49. The fourth-order valence-corrected chi connectivity index (χ4v) is 3.22. The lowest BCUT2D eigenvalue weighted by Gasteiger charge is -2.34. The fourth-order valence-electron chi connectivity index (χ4n) is 2.35. The van der Waals surface area contributed by atoms with Gasteiger partial charge < -0.3 is 20.7 Å². The van der Waals surface area contributed by atoms with Crippen LogP contribution in [0.5, 0.6) is 0 Å². The van der Waals surface area contributed by atoms with Gasteiger partial charge in [-0.05, 0) is 26.2 Å². The summed E-state index contributed by atoms with van der Waals surface area (Å²) in [5, 5.41) is 3.88. The molecule has 0 aliphatic carbocycles. The maximum absolute atomic E-state index is 12.5. The van der Waals surface area contributed by atoms with E-state index in [0.717, 1.165) is 30.9 Å². The monoisotopic (exact) mass is 312 g/mol. The molecule has 7 heteroatoms. The van der Waals surface area contributed by atoms with Crippen LogP contribution in [0, 0.1) is 0 Å². The highest BCUT2D eigenvalue weighted by Crippen LogP contribution is 2.29. The maximum atomic E-state index is 12.5. The number of thiazole rings is 1. The number of ether oxygens (including phenoxy) is 1. The average Bonchev–Trinajstić information content (AvgIpc) is 2.81. The summed E-state index contributed by atoms with van der Waals surface area (Å²) < 4.78 is 5.35. The third-order valence-electron chi connectivity index (χ3n) is 3.75. The molecule has 1 aromatic heterocycles. The van der Waals surface area contributed by atoms with E-state index in [1.54, 1.807) is 0 Å². The Kier molecular flexibility index (Phi) is 5.05. The van der Waals surface area contributed by atoms with Crippen LogP contribution in [-0.2, 0) is 4.74 Å². The topological polar surface area (TPSA) is 80.5 Å². The Labute approximate surface area is 129 Å². The van der Waals surface area contributed by atoms with Crippen LogP contribution in [0.3, 0.4) is 0 Å². The molecule has 0 unspecified atom stereocenters. The van der Waals surface area contributed by atoms with Gasteiger partial charge >= 0.3 is 0 Å². The van der Waals surface area contributed by atoms with Gasteiger partial charge in [0, 0.05) is 32.3 Å². The summed E-state index contributed by atoms with van der Waals surface area (Å²) in [6.45, 7) is 6.41. The third kappa shape index (κ3) is 3.85. The van der Waals surface area contributed by atoms with Gasteiger partial charge in [-0.2, -0.15) is 0 Å². The third-order valence-corrected chi connectivity index (χ3v) is 4.93. The quantitative estimate of drug-likeness (QED) is 0.867. The van der Waals surface area contributed by atoms with Gasteiger partial charge in [0.2, 0.25) is 0 Å². The van der Waals surface area contributed by atoms with Crippen molar-refractivity contribution in [3.05, 3.63) is 4.88 Å². The van der Waals surface area contributed by atoms with Crippen molar-refractivity contribution in [2.24, 2.45) is 0 Å². The van der Waals surface area contributed by atoms with Crippen molar-refractivity contribution < 1.29 is 9.53 Å². The molecule has 6 nitrogen and oxygen atoms in total. The molecular formula is C14H24N4O2S. The summed E-state index contributed by atoms with van der Waals surface area (Å²) in [6, 6.07) is 0. The van der Waals surface area contributed by atoms with Crippen molar-refractivity contribution in [3.63, 3.8) is 0 Å². The molecule has 1 aromatic rings. The molecule has 2 rings (SSSR count). The number of amides is 1. The number of rotatable bonds is 5. The zero-order valence-electron chi connectivity index (χ0n) is 12.9. The maximum Gasteiger partial charge on any atom is 0.265 e. The Balaban J connectivity index is 2.08. The van der Waals surface area contributed by atoms with Crippen molar-refractivity contribution in [1.82, 2.24) is 10.3 Å². The Hall–Kier alpha value is -1.34. The second-order valence-electron chi connectivity index (χ2n) is 5.76. The number of nitrogen functional groups attached to an aromatic ring is 1. The molecule has 0 saturated carbocycles. The molecule has 1 saturated heterocycles. The highest BCUT2D eigenvalue weighted by molar-refractivity contribution is 7.18. The predicted molar refractivity (Wildman–Crippen MR) is 86.0 cm³/mol. The number of hydrogen-bond donors (Lipinski definition) is 2. The van der Waals surface area contributed by atoms with Crippen molar-refractivity contribution in [2.45, 2.75) is 38.6 Å². The molecular weight excluding hydrogens is 288 g/mol. The van der Waals surface area contributed by atoms with Crippen LogP contribution < -0.4 is 16.0 Å². The summed E-state index contributed by atoms with van der Waals surface area (Å²) >= 11 is 1.35. The van der Waals surface area contributed by atoms with Crippen LogP contribution in [0.1, 0.15) is 42.8 Å². The molecule has 1 amide bonds. The lowest BCUT2D eigenvalue weighted by molar-refractivity contribution is 0.0424. The largest absolute Gasteiger partial charge is 0.382 e. The van der Waals surface area contributed by atoms with Gasteiger partial charge in [-0.1, -0.05) is 18.3 Å². The summed E-state index contributed by atoms with van der Waals surface area (Å²) in [6.07, 6.45) is 2.66. The van der Waals surface area contributed by atoms with E-state index in [2.05, 4.69) is 24.1 Å². The van der Waals surface area contributed by atoms with Gasteiger partial charge in [0.05, 0.1) is 0 Å². The molecule has 21 heavy (non-hydrogen) atoms. The van der Waals surface area contributed by atoms with E-state index in [0.29, 0.717) is 23.9 Å². The average molecular weight is 312 g/mol. The summed E-state index contributed by atoms with van der Waals surface area (Å²) in [5.74, 6) is 0.177. The van der Waals surface area contributed by atoms with Crippen molar-refractivity contribution in [1.29, 1.82) is 0 Å². The zero-order chi connectivity index (χ0) is 15.5. The smallest absolute Gasteiger partial charge is 0.265 e. The first kappa shape index (κ1) is 16.0. The first-order valence-corrected chi connectivity index (χ1v) is 8.14. The second kappa shape index (κ2) is 6.62. The van der Waals surface area contributed by atoms with E-state index < -0.39 is 0 Å². The van der Waals surface area contributed by atoms with Crippen molar-refractivity contribution in [2.75, 3.05) is 37.4 Å². The standard InChI is InChI=1S/C14H24N4O2S/c1-4-7-18(3)13-16-11(15)10(21-13)12(19)17-14(2)5-8-20-9-6-14/h4-9,15H2,1-3H3,(H,17,19). The predicted octanol–water partition coefficient (Wildman–Crippen LogP) is 1.87. The van der Waals surface area contributed by atoms with E-state index in [4.69, 9.17) is 10.5 Å². The Bertz CT molecular complexity index is 497. The molecule has 1 fully saturated rings. The number of anilines is 2. The number of nitrogens with zero attached hydrogens (tertiary/aromatic N) is 2. The number of nitrogens with one attached hydrogen (secondary N) is 1. The van der Waals surface area contributed by atoms with E-state index in [-0.39, 0.29) is 11.4 Å². The van der Waals surface area contributed by atoms with Crippen LogP contribution >= 0.6 is 11.3 Å². The molecule has 0 aromatic carbocycles. The van der Waals surface area contributed by atoms with Gasteiger partial charge in [0.1, 0.15) is 10.7 Å². The summed E-state index contributed by atoms with van der Waals surface area (Å²) in [7, 11) is 1.96. The van der Waals surface area contributed by atoms with Crippen molar-refractivity contribution in [3.8, 4) is 0 Å². The molecule has 2 heterocycles. The van der Waals surface area contributed by atoms with Crippen molar-refractivity contribution >= 4 is 28.2 Å². The Morgan fingerprint density at radius 2 is 2.19 bits per heavy atom. The highest BCUT2D eigenvalue weighted by Gasteiger charge is 2.31. The second-order valence-corrected chi connectivity index (χ2v) is 6.74. The van der Waals surface area contributed by atoms with E-state index in [9.17, 15) is 4.79 Å². The SMILES string of the molecule is CCCN(C)c1nc(N)c(C(=O)NC2(C)CCOCC2)s1. The van der Waals surface area contributed by atoms with E-state index >= 15 is 0 Å². The molecule has 0 radical (unpaired) electrons. The van der Waals surface area contributed by atoms with E-state index in [1.807, 2.05) is 11.9 Å². The van der Waals surface area contributed by atoms with Crippen LogP contribution in [0.25, 0.3) is 0 Å². The number of aromatic nitrogens is 1. The molecule has 0 spiro atoms. The minimum atomic E-state index is -0.221. The molecule has 118 valence electrons. The molecule has 0 bridgehead atoms. The van der Waals surface area contributed by atoms with Crippen LogP contribution in [0.15, 0.2) is 0 Å². The number of hydrogen-bond acceptors (Lipinski definition) is 6. The van der Waals surface area contributed by atoms with Gasteiger partial charge in [0.25, 0.3) is 5.91 Å². The highest BCUT2D eigenvalue weighted by atomic mass is 32.1. The summed E-state index contributed by atoms with van der Waals surface area (Å²) in [5.41, 5.74) is 5.69. The van der Waals surface area contributed by atoms with Crippen LogP contribution in [-0.4, -0.2) is 43.2 Å². The summed E-state index contributed by atoms with van der Waals surface area (Å²) in [4.78, 5) is 19.3. The zero-order valence-corrected chi connectivity index (χ0v) is 13.8. The van der Waals surface area contributed by atoms with Gasteiger partial charge in [-0.3, -0.25) is 4.79 Å². The number of nitrogens with two attached hydrogens (primary N) is 1. The molecule has 3 N–H and O–H groups in total. The van der Waals surface area contributed by atoms with Gasteiger partial charge in [-0.15, -0.1) is 0 Å². The van der Waals surface area contributed by atoms with E-state index in [1.165, 1.54) is 11.3 Å². The van der Waals surface area contributed by atoms with Gasteiger partial charge in [0.15, 0.2) is 5.13 Å². The first-order chi connectivity index (χ1) is 9.95. The Morgan fingerprint density at radius 3 is 2.81 bits per heavy atom.